The third-order valence-electron chi connectivity index (χ3n) is 2.63. The van der Waals surface area contributed by atoms with E-state index in [2.05, 4.69) is 31.4 Å². The van der Waals surface area contributed by atoms with Gasteiger partial charge in [-0.2, -0.15) is 5.10 Å². The molecule has 1 aromatic heterocycles. The van der Waals surface area contributed by atoms with Crippen LogP contribution in [-0.2, 0) is 0 Å². The van der Waals surface area contributed by atoms with Gasteiger partial charge in [-0.25, -0.2) is 5.43 Å². The maximum atomic E-state index is 11.9. The molecule has 1 heterocycles. The highest BCUT2D eigenvalue weighted by Gasteiger charge is 2.09. The molecule has 0 bridgehead atoms. The van der Waals surface area contributed by atoms with Gasteiger partial charge in [0, 0.05) is 33.5 Å². The minimum Gasteiger partial charge on any atom is -0.504 e. The molecular weight excluding hydrogens is 374 g/mol. The zero-order valence-corrected chi connectivity index (χ0v) is 13.7. The van der Waals surface area contributed by atoms with Crippen molar-refractivity contribution >= 4 is 39.7 Å². The van der Waals surface area contributed by atoms with Crippen LogP contribution in [0, 0.1) is 0 Å². The number of methoxy groups -OCH3 is 1. The molecule has 0 aliphatic rings. The number of carbonyl (C=O) groups excluding carboxylic acids is 1. The summed E-state index contributed by atoms with van der Waals surface area (Å²) in [4.78, 5) is 15.7. The molecule has 0 atom stereocenters. The Morgan fingerprint density at radius 3 is 2.91 bits per heavy atom. The van der Waals surface area contributed by atoms with Gasteiger partial charge in [-0.05, 0) is 28.1 Å². The zero-order valence-electron chi connectivity index (χ0n) is 11.4. The van der Waals surface area contributed by atoms with Crippen molar-refractivity contribution in [1.29, 1.82) is 0 Å². The van der Waals surface area contributed by atoms with E-state index in [4.69, 9.17) is 16.3 Å². The van der Waals surface area contributed by atoms with E-state index in [9.17, 15) is 9.90 Å². The number of aromatic nitrogens is 1. The van der Waals surface area contributed by atoms with Crippen molar-refractivity contribution < 1.29 is 14.6 Å². The Morgan fingerprint density at radius 2 is 2.23 bits per heavy atom. The summed E-state index contributed by atoms with van der Waals surface area (Å²) in [5.41, 5.74) is 3.00. The summed E-state index contributed by atoms with van der Waals surface area (Å²) in [5.74, 6) is -0.330. The van der Waals surface area contributed by atoms with Crippen LogP contribution >= 0.6 is 27.5 Å². The monoisotopic (exact) mass is 383 g/mol. The molecule has 1 aromatic carbocycles. The van der Waals surface area contributed by atoms with Crippen molar-refractivity contribution in [2.45, 2.75) is 0 Å². The minimum absolute atomic E-state index is 0.117. The van der Waals surface area contributed by atoms with Crippen LogP contribution in [0.4, 0.5) is 0 Å². The van der Waals surface area contributed by atoms with Crippen molar-refractivity contribution in [1.82, 2.24) is 10.4 Å². The van der Waals surface area contributed by atoms with Crippen molar-refractivity contribution in [2.24, 2.45) is 5.10 Å². The Morgan fingerprint density at radius 1 is 1.45 bits per heavy atom. The van der Waals surface area contributed by atoms with Crippen LogP contribution in [0.25, 0.3) is 0 Å². The first kappa shape index (κ1) is 16.3. The normalized spacial score (nSPS) is 10.7. The van der Waals surface area contributed by atoms with Crippen LogP contribution in [0.3, 0.4) is 0 Å². The molecule has 0 unspecified atom stereocenters. The van der Waals surface area contributed by atoms with Crippen LogP contribution in [-0.4, -0.2) is 29.3 Å². The molecular formula is C14H11BrClN3O3. The number of hydrazone groups is 1. The van der Waals surface area contributed by atoms with Crippen LogP contribution in [0.1, 0.15) is 15.9 Å². The van der Waals surface area contributed by atoms with E-state index in [0.29, 0.717) is 20.6 Å². The third kappa shape index (κ3) is 3.96. The molecule has 114 valence electrons. The number of carbonyl (C=O) groups is 1. The summed E-state index contributed by atoms with van der Waals surface area (Å²) >= 11 is 9.13. The fourth-order valence-corrected chi connectivity index (χ4v) is 2.19. The van der Waals surface area contributed by atoms with Gasteiger partial charge >= 0.3 is 0 Å². The number of amides is 1. The number of hydrogen-bond acceptors (Lipinski definition) is 5. The fourth-order valence-electron chi connectivity index (χ4n) is 1.61. The molecule has 0 aliphatic heterocycles. The lowest BCUT2D eigenvalue weighted by Crippen LogP contribution is -2.17. The first-order valence-corrected chi connectivity index (χ1v) is 7.19. The molecule has 0 aliphatic carbocycles. The average molecular weight is 385 g/mol. The summed E-state index contributed by atoms with van der Waals surface area (Å²) in [6.45, 7) is 0. The van der Waals surface area contributed by atoms with E-state index >= 15 is 0 Å². The highest BCUT2D eigenvalue weighted by Crippen LogP contribution is 2.32. The molecule has 0 saturated carbocycles. The molecule has 2 N–H and O–H groups in total. The van der Waals surface area contributed by atoms with Gasteiger partial charge in [-0.1, -0.05) is 11.6 Å². The molecule has 2 rings (SSSR count). The molecule has 0 radical (unpaired) electrons. The Hall–Kier alpha value is -2.12. The maximum Gasteiger partial charge on any atom is 0.272 e. The van der Waals surface area contributed by atoms with E-state index in [1.165, 1.54) is 31.7 Å². The Labute approximate surface area is 139 Å². The van der Waals surface area contributed by atoms with E-state index in [1.54, 1.807) is 12.3 Å². The van der Waals surface area contributed by atoms with Gasteiger partial charge in [0.2, 0.25) is 0 Å². The van der Waals surface area contributed by atoms with Gasteiger partial charge < -0.3 is 9.84 Å². The van der Waals surface area contributed by atoms with Crippen LogP contribution in [0.5, 0.6) is 11.5 Å². The van der Waals surface area contributed by atoms with Gasteiger partial charge in [-0.3, -0.25) is 9.78 Å². The van der Waals surface area contributed by atoms with Crippen LogP contribution in [0.15, 0.2) is 40.2 Å². The van der Waals surface area contributed by atoms with Gasteiger partial charge in [-0.15, -0.1) is 0 Å². The van der Waals surface area contributed by atoms with Gasteiger partial charge in [0.05, 0.1) is 18.9 Å². The molecule has 22 heavy (non-hydrogen) atoms. The largest absolute Gasteiger partial charge is 0.504 e. The predicted octanol–water partition coefficient (Wildman–Crippen LogP) is 2.98. The molecule has 6 nitrogen and oxygen atoms in total. The van der Waals surface area contributed by atoms with Gasteiger partial charge in [0.15, 0.2) is 11.5 Å². The number of hydrogen-bond donors (Lipinski definition) is 2. The number of rotatable bonds is 4. The summed E-state index contributed by atoms with van der Waals surface area (Å²) in [7, 11) is 1.41. The van der Waals surface area contributed by atoms with Crippen LogP contribution in [0.2, 0.25) is 5.02 Å². The Bertz CT molecular complexity index is 737. The van der Waals surface area contributed by atoms with E-state index in [-0.39, 0.29) is 11.5 Å². The summed E-state index contributed by atoms with van der Waals surface area (Å²) in [5, 5.41) is 14.1. The number of halogens is 2. The quantitative estimate of drug-likeness (QED) is 0.627. The summed E-state index contributed by atoms with van der Waals surface area (Å²) < 4.78 is 5.66. The second kappa shape index (κ2) is 7.24. The standard InChI is InChI=1S/C14H11BrClN3O3/c1-22-12-4-11(16)3-8(13(12)20)6-18-19-14(21)9-2-10(15)7-17-5-9/h2-7,20H,1H3,(H,19,21). The van der Waals surface area contributed by atoms with Gasteiger partial charge in [0.1, 0.15) is 0 Å². The number of benzene rings is 1. The molecule has 2 aromatic rings. The lowest BCUT2D eigenvalue weighted by molar-refractivity contribution is 0.0954. The van der Waals surface area contributed by atoms with Gasteiger partial charge in [0.25, 0.3) is 5.91 Å². The van der Waals surface area contributed by atoms with Crippen molar-refractivity contribution in [3.05, 3.63) is 51.2 Å². The highest BCUT2D eigenvalue weighted by atomic mass is 79.9. The molecule has 0 fully saturated rings. The molecule has 0 spiro atoms. The Balaban J connectivity index is 2.13. The second-order valence-corrected chi connectivity index (χ2v) is 5.49. The average Bonchev–Trinajstić information content (AvgIpc) is 2.50. The van der Waals surface area contributed by atoms with E-state index in [0.717, 1.165) is 0 Å². The smallest absolute Gasteiger partial charge is 0.272 e. The van der Waals surface area contributed by atoms with Crippen molar-refractivity contribution in [3.63, 3.8) is 0 Å². The van der Waals surface area contributed by atoms with Crippen molar-refractivity contribution in [3.8, 4) is 11.5 Å². The highest BCUT2D eigenvalue weighted by molar-refractivity contribution is 9.10. The SMILES string of the molecule is COc1cc(Cl)cc(C=NNC(=O)c2cncc(Br)c2)c1O. The van der Waals surface area contributed by atoms with E-state index < -0.39 is 5.91 Å². The number of pyridine rings is 1. The fraction of sp³-hybridized carbons (Fsp3) is 0.0714. The number of nitrogens with one attached hydrogen (secondary N) is 1. The number of ether oxygens (including phenoxy) is 1. The maximum absolute atomic E-state index is 11.9. The number of phenols is 1. The summed E-state index contributed by atoms with van der Waals surface area (Å²) in [6.07, 6.45) is 4.25. The Kier molecular flexibility index (Phi) is 5.35. The minimum atomic E-state index is -0.432. The number of nitrogens with zero attached hydrogens (tertiary/aromatic N) is 2. The topological polar surface area (TPSA) is 83.8 Å². The third-order valence-corrected chi connectivity index (χ3v) is 3.28. The van der Waals surface area contributed by atoms with Crippen LogP contribution < -0.4 is 10.2 Å². The number of aromatic hydroxyl groups is 1. The predicted molar refractivity (Wildman–Crippen MR) is 86.7 cm³/mol. The first-order valence-electron chi connectivity index (χ1n) is 6.01. The van der Waals surface area contributed by atoms with Crippen molar-refractivity contribution in [2.75, 3.05) is 7.11 Å². The molecule has 8 heteroatoms. The first-order chi connectivity index (χ1) is 10.5. The lowest BCUT2D eigenvalue weighted by Gasteiger charge is -2.06. The van der Waals surface area contributed by atoms with E-state index in [1.807, 2.05) is 0 Å². The molecule has 0 saturated heterocycles. The lowest BCUT2D eigenvalue weighted by atomic mass is 10.2. The summed E-state index contributed by atoms with van der Waals surface area (Å²) in [6, 6.07) is 4.58. The molecule has 1 amide bonds. The second-order valence-electron chi connectivity index (χ2n) is 4.14. The zero-order chi connectivity index (χ0) is 16.1. The number of phenolic OH excluding ortho intramolecular Hbond substituents is 1.